The molecule has 1 saturated heterocycles. The lowest BCUT2D eigenvalue weighted by Gasteiger charge is -2.31. The van der Waals surface area contributed by atoms with E-state index in [1.807, 2.05) is 27.6 Å². The Morgan fingerprint density at radius 3 is 2.35 bits per heavy atom. The molecule has 0 aromatic carbocycles. The number of hydrogen-bond donors (Lipinski definition) is 2. The number of ether oxygens (including phenoxy) is 2. The van der Waals surface area contributed by atoms with Crippen LogP contribution in [0.3, 0.4) is 0 Å². The lowest BCUT2D eigenvalue weighted by atomic mass is 10.1. The predicted molar refractivity (Wildman–Crippen MR) is 88.8 cm³/mol. The molecule has 1 heterocycles. The number of carboxylic acids is 1. The Morgan fingerprint density at radius 2 is 1.91 bits per heavy atom. The lowest BCUT2D eigenvalue weighted by molar-refractivity contribution is -0.209. The van der Waals surface area contributed by atoms with E-state index >= 15 is 0 Å². The molecule has 0 bridgehead atoms. The zero-order chi connectivity index (χ0) is 18.4. The molecule has 1 rings (SSSR count). The van der Waals surface area contributed by atoms with Crippen LogP contribution in [0, 0.1) is 0 Å². The van der Waals surface area contributed by atoms with Crippen LogP contribution in [0.1, 0.15) is 40.0 Å². The van der Waals surface area contributed by atoms with Crippen LogP contribution in [-0.4, -0.2) is 41.5 Å². The highest BCUT2D eigenvalue weighted by atomic mass is 16.7. The van der Waals surface area contributed by atoms with E-state index in [1.165, 1.54) is 0 Å². The van der Waals surface area contributed by atoms with Gasteiger partial charge in [-0.05, 0) is 18.1 Å². The fourth-order valence-corrected chi connectivity index (χ4v) is 1.76. The maximum Gasteiger partial charge on any atom is 0.333 e. The van der Waals surface area contributed by atoms with E-state index in [-0.39, 0.29) is 12.8 Å². The number of carboxylic acid groups (broad SMARTS) is 1. The Labute approximate surface area is 138 Å². The van der Waals surface area contributed by atoms with Crippen LogP contribution in [0.15, 0.2) is 36.6 Å². The minimum atomic E-state index is -1.10. The standard InChI is InChI=1S/C14H20O5.C2H6.CH2O/c1-4-6-11(9(3)5-2)18-13-8-10(15)7-12(19-13)14(16)17;2*1-2/h4,6,10,12-13,15H,1,3,5,7-8H2,2H3,(H,16,17);1-2H3;1H2/b11-6+;;/t10?,12-,13?;;/m0../s1. The fourth-order valence-electron chi connectivity index (χ4n) is 1.76. The first kappa shape index (κ1) is 23.3. The van der Waals surface area contributed by atoms with Crippen LogP contribution in [0.4, 0.5) is 0 Å². The molecule has 0 amide bonds. The van der Waals surface area contributed by atoms with Crippen molar-refractivity contribution in [3.8, 4) is 0 Å². The third-order valence-corrected chi connectivity index (χ3v) is 2.85. The molecule has 23 heavy (non-hydrogen) atoms. The molecule has 6 heteroatoms. The van der Waals surface area contributed by atoms with Crippen LogP contribution in [-0.2, 0) is 19.1 Å². The third kappa shape index (κ3) is 8.95. The van der Waals surface area contributed by atoms with Crippen molar-refractivity contribution in [3.05, 3.63) is 36.6 Å². The van der Waals surface area contributed by atoms with E-state index in [2.05, 4.69) is 13.2 Å². The Bertz CT molecular complexity index is 402. The Kier molecular flexibility index (Phi) is 13.9. The second-order valence-electron chi connectivity index (χ2n) is 4.36. The summed E-state index contributed by atoms with van der Waals surface area (Å²) in [6.07, 6.45) is 1.61. The van der Waals surface area contributed by atoms with Gasteiger partial charge >= 0.3 is 5.97 Å². The molecule has 2 unspecified atom stereocenters. The van der Waals surface area contributed by atoms with Gasteiger partial charge < -0.3 is 24.5 Å². The van der Waals surface area contributed by atoms with Crippen LogP contribution < -0.4 is 0 Å². The van der Waals surface area contributed by atoms with Crippen molar-refractivity contribution in [2.45, 2.75) is 58.5 Å². The highest BCUT2D eigenvalue weighted by Gasteiger charge is 2.34. The highest BCUT2D eigenvalue weighted by Crippen LogP contribution is 2.25. The van der Waals surface area contributed by atoms with Crippen molar-refractivity contribution in [2.75, 3.05) is 0 Å². The summed E-state index contributed by atoms with van der Waals surface area (Å²) in [7, 11) is 0. The molecule has 0 saturated carbocycles. The molecule has 3 atom stereocenters. The van der Waals surface area contributed by atoms with E-state index in [0.717, 1.165) is 5.57 Å². The predicted octanol–water partition coefficient (Wildman–Crippen LogP) is 2.83. The van der Waals surface area contributed by atoms with Gasteiger partial charge in [0, 0.05) is 12.8 Å². The number of rotatable bonds is 6. The van der Waals surface area contributed by atoms with E-state index in [9.17, 15) is 9.90 Å². The van der Waals surface area contributed by atoms with Gasteiger partial charge in [0.1, 0.15) is 12.5 Å². The quantitative estimate of drug-likeness (QED) is 0.575. The minimum Gasteiger partial charge on any atom is -0.479 e. The number of hydrogen-bond acceptors (Lipinski definition) is 5. The van der Waals surface area contributed by atoms with Crippen molar-refractivity contribution < 1.29 is 29.3 Å². The summed E-state index contributed by atoms with van der Waals surface area (Å²) in [6, 6.07) is 0. The van der Waals surface area contributed by atoms with Crippen molar-refractivity contribution in [3.63, 3.8) is 0 Å². The number of carbonyl (C=O) groups is 2. The van der Waals surface area contributed by atoms with Gasteiger partial charge in [-0.25, -0.2) is 4.79 Å². The minimum absolute atomic E-state index is 0.0738. The second-order valence-corrected chi connectivity index (χ2v) is 4.36. The molecular weight excluding hydrogens is 300 g/mol. The van der Waals surface area contributed by atoms with Crippen LogP contribution in [0.25, 0.3) is 0 Å². The van der Waals surface area contributed by atoms with E-state index < -0.39 is 24.5 Å². The topological polar surface area (TPSA) is 93.1 Å². The molecule has 6 nitrogen and oxygen atoms in total. The Balaban J connectivity index is 0. The zero-order valence-corrected chi connectivity index (χ0v) is 14.2. The molecule has 0 radical (unpaired) electrons. The number of allylic oxidation sites excluding steroid dienone is 3. The summed E-state index contributed by atoms with van der Waals surface area (Å²) < 4.78 is 10.9. The lowest BCUT2D eigenvalue weighted by Crippen LogP contribution is -2.41. The van der Waals surface area contributed by atoms with Gasteiger partial charge in [-0.2, -0.15) is 0 Å². The van der Waals surface area contributed by atoms with Crippen molar-refractivity contribution >= 4 is 12.8 Å². The maximum atomic E-state index is 10.9. The van der Waals surface area contributed by atoms with Crippen molar-refractivity contribution in [1.29, 1.82) is 0 Å². The normalized spacial score (nSPS) is 23.3. The summed E-state index contributed by atoms with van der Waals surface area (Å²) in [4.78, 5) is 18.9. The third-order valence-electron chi connectivity index (χ3n) is 2.85. The van der Waals surface area contributed by atoms with Crippen LogP contribution in [0.5, 0.6) is 0 Å². The van der Waals surface area contributed by atoms with Gasteiger partial charge in [-0.15, -0.1) is 0 Å². The molecule has 0 aromatic rings. The number of aliphatic carboxylic acids is 1. The fraction of sp³-hybridized carbons (Fsp3) is 0.529. The smallest absolute Gasteiger partial charge is 0.333 e. The van der Waals surface area contributed by atoms with Crippen LogP contribution in [0.2, 0.25) is 0 Å². The van der Waals surface area contributed by atoms with Crippen LogP contribution >= 0.6 is 0 Å². The second kappa shape index (κ2) is 13.7. The number of aliphatic hydroxyl groups is 1. The average molecular weight is 328 g/mol. The van der Waals surface area contributed by atoms with Gasteiger partial charge in [-0.1, -0.05) is 40.0 Å². The molecule has 1 aliphatic heterocycles. The first-order valence-corrected chi connectivity index (χ1v) is 7.50. The largest absolute Gasteiger partial charge is 0.479 e. The molecule has 1 aliphatic rings. The molecule has 1 fully saturated rings. The molecule has 132 valence electrons. The van der Waals surface area contributed by atoms with Gasteiger partial charge in [0.15, 0.2) is 6.10 Å². The molecule has 0 aromatic heterocycles. The number of aliphatic hydroxyl groups excluding tert-OH is 1. The molecule has 0 aliphatic carbocycles. The van der Waals surface area contributed by atoms with E-state index in [1.54, 1.807) is 12.2 Å². The van der Waals surface area contributed by atoms with E-state index in [0.29, 0.717) is 12.2 Å². The monoisotopic (exact) mass is 328 g/mol. The first-order chi connectivity index (χ1) is 11.0. The SMILES string of the molecule is C=C/C=C(/OC1CC(O)C[C@@H](C(=O)O)O1)C(=C)CC.C=O.CC. The van der Waals surface area contributed by atoms with Gasteiger partial charge in [0.25, 0.3) is 0 Å². The highest BCUT2D eigenvalue weighted by molar-refractivity contribution is 5.72. The van der Waals surface area contributed by atoms with Crippen molar-refractivity contribution in [2.24, 2.45) is 0 Å². The summed E-state index contributed by atoms with van der Waals surface area (Å²) in [5.74, 6) is -0.600. The Morgan fingerprint density at radius 1 is 1.35 bits per heavy atom. The summed E-state index contributed by atoms with van der Waals surface area (Å²) >= 11 is 0. The van der Waals surface area contributed by atoms with Gasteiger partial charge in [-0.3, -0.25) is 0 Å². The first-order valence-electron chi connectivity index (χ1n) is 7.50. The maximum absolute atomic E-state index is 10.9. The Hall–Kier alpha value is -1.92. The average Bonchev–Trinajstić information content (AvgIpc) is 2.57. The van der Waals surface area contributed by atoms with Gasteiger partial charge in [0.2, 0.25) is 6.29 Å². The molecule has 0 spiro atoms. The zero-order valence-electron chi connectivity index (χ0n) is 14.2. The molecule has 2 N–H and O–H groups in total. The molecular formula is C17H28O6. The summed E-state index contributed by atoms with van der Waals surface area (Å²) in [6.45, 7) is 15.4. The number of carbonyl (C=O) groups excluding carboxylic acids is 1. The summed E-state index contributed by atoms with van der Waals surface area (Å²) in [5, 5.41) is 18.6. The van der Waals surface area contributed by atoms with E-state index in [4.69, 9.17) is 19.4 Å². The summed E-state index contributed by atoms with van der Waals surface area (Å²) in [5.41, 5.74) is 0.760. The van der Waals surface area contributed by atoms with Gasteiger partial charge in [0.05, 0.1) is 6.10 Å². The van der Waals surface area contributed by atoms with Crippen molar-refractivity contribution in [1.82, 2.24) is 0 Å².